The second-order valence-electron chi connectivity index (χ2n) is 8.38. The molecule has 2 fully saturated rings. The van der Waals surface area contributed by atoms with Gasteiger partial charge in [0.25, 0.3) is 0 Å². The largest absolute Gasteiger partial charge is 0.377 e. The van der Waals surface area contributed by atoms with Gasteiger partial charge in [-0.1, -0.05) is 6.07 Å². The lowest BCUT2D eigenvalue weighted by atomic mass is 9.99. The number of carbonyl (C=O) groups excluding carboxylic acids is 1. The number of urea groups is 1. The summed E-state index contributed by atoms with van der Waals surface area (Å²) in [6.07, 6.45) is 9.78. The highest BCUT2D eigenvalue weighted by molar-refractivity contribution is 7.98. The molecule has 5 rings (SSSR count). The van der Waals surface area contributed by atoms with Crippen LogP contribution >= 0.6 is 11.9 Å². The molecular weight excluding hydrogens is 358 g/mol. The second-order valence-corrected chi connectivity index (χ2v) is 9.49. The zero-order valence-corrected chi connectivity index (χ0v) is 16.7. The third kappa shape index (κ3) is 3.71. The van der Waals surface area contributed by atoms with Crippen molar-refractivity contribution >= 4 is 23.7 Å². The standard InChI is InChI=1S/C21H29N3O2S/c25-21(23-27-17-12-24(13-17)11-16-6-3-9-26-16)22-20-18-7-1-4-14(18)10-15-5-2-8-19(15)20/h10,16-17H,1-9,11-13H2,(H2,22,23,25). The van der Waals surface area contributed by atoms with Crippen LogP contribution in [0.1, 0.15) is 47.9 Å². The molecule has 1 aromatic carbocycles. The first kappa shape index (κ1) is 17.8. The summed E-state index contributed by atoms with van der Waals surface area (Å²) in [5.74, 6) is 0. The lowest BCUT2D eigenvalue weighted by Gasteiger charge is -2.39. The highest BCUT2D eigenvalue weighted by Crippen LogP contribution is 2.38. The SMILES string of the molecule is O=C(NSC1CN(CC2CCCO2)C1)Nc1c2c(cc3c1CCC3)CCC2. The number of hydrogen-bond donors (Lipinski definition) is 2. The molecule has 6 heteroatoms. The minimum Gasteiger partial charge on any atom is -0.377 e. The monoisotopic (exact) mass is 387 g/mol. The van der Waals surface area contributed by atoms with Crippen molar-refractivity contribution in [3.63, 3.8) is 0 Å². The third-order valence-electron chi connectivity index (χ3n) is 6.44. The molecule has 146 valence electrons. The van der Waals surface area contributed by atoms with Gasteiger partial charge < -0.3 is 10.1 Å². The molecule has 2 amide bonds. The minimum atomic E-state index is -0.0630. The van der Waals surface area contributed by atoms with Gasteiger partial charge in [0.05, 0.1) is 11.4 Å². The summed E-state index contributed by atoms with van der Waals surface area (Å²) in [4.78, 5) is 15.0. The van der Waals surface area contributed by atoms with E-state index in [4.69, 9.17) is 4.74 Å². The van der Waals surface area contributed by atoms with E-state index in [1.54, 1.807) is 11.9 Å². The zero-order chi connectivity index (χ0) is 18.2. The normalized spacial score (nSPS) is 24.5. The average molecular weight is 388 g/mol. The maximum Gasteiger partial charge on any atom is 0.329 e. The van der Waals surface area contributed by atoms with Crippen molar-refractivity contribution in [2.75, 3.05) is 31.6 Å². The summed E-state index contributed by atoms with van der Waals surface area (Å²) in [7, 11) is 0. The molecule has 5 nitrogen and oxygen atoms in total. The predicted molar refractivity (Wildman–Crippen MR) is 109 cm³/mol. The Labute approximate surface area is 165 Å². The fourth-order valence-corrected chi connectivity index (χ4v) is 5.96. The Morgan fingerprint density at radius 3 is 2.52 bits per heavy atom. The fourth-order valence-electron chi connectivity index (χ4n) is 5.07. The molecule has 1 unspecified atom stereocenters. The molecule has 1 aromatic rings. The van der Waals surface area contributed by atoms with Gasteiger partial charge in [0.1, 0.15) is 0 Å². The van der Waals surface area contributed by atoms with Gasteiger partial charge in [-0.3, -0.25) is 9.62 Å². The van der Waals surface area contributed by atoms with Crippen molar-refractivity contribution in [2.24, 2.45) is 0 Å². The summed E-state index contributed by atoms with van der Waals surface area (Å²) in [6, 6.07) is 2.34. The molecule has 1 atom stereocenters. The van der Waals surface area contributed by atoms with E-state index in [1.165, 1.54) is 47.9 Å². The number of nitrogens with one attached hydrogen (secondary N) is 2. The van der Waals surface area contributed by atoms with E-state index in [2.05, 4.69) is 21.0 Å². The van der Waals surface area contributed by atoms with Gasteiger partial charge in [0.2, 0.25) is 0 Å². The Balaban J connectivity index is 1.13. The number of hydrogen-bond acceptors (Lipinski definition) is 4. The highest BCUT2D eigenvalue weighted by Gasteiger charge is 2.31. The highest BCUT2D eigenvalue weighted by atomic mass is 32.2. The smallest absolute Gasteiger partial charge is 0.329 e. The van der Waals surface area contributed by atoms with Crippen LogP contribution in [0.4, 0.5) is 10.5 Å². The van der Waals surface area contributed by atoms with E-state index in [-0.39, 0.29) is 6.03 Å². The van der Waals surface area contributed by atoms with Crippen LogP contribution in [-0.2, 0) is 30.4 Å². The van der Waals surface area contributed by atoms with Crippen molar-refractivity contribution in [2.45, 2.75) is 62.7 Å². The number of ether oxygens (including phenoxy) is 1. The lowest BCUT2D eigenvalue weighted by Crippen LogP contribution is -2.52. The molecule has 2 aliphatic carbocycles. The number of nitrogens with zero attached hydrogens (tertiary/aromatic N) is 1. The molecule has 0 spiro atoms. The lowest BCUT2D eigenvalue weighted by molar-refractivity contribution is 0.0541. The number of carbonyl (C=O) groups is 1. The number of aryl methyl sites for hydroxylation is 2. The van der Waals surface area contributed by atoms with Crippen molar-refractivity contribution < 1.29 is 9.53 Å². The molecular formula is C21H29N3O2S. The maximum atomic E-state index is 12.5. The quantitative estimate of drug-likeness (QED) is 0.761. The van der Waals surface area contributed by atoms with Crippen LogP contribution in [0.2, 0.25) is 0 Å². The Bertz CT molecular complexity index is 694. The van der Waals surface area contributed by atoms with Crippen LogP contribution in [0.25, 0.3) is 0 Å². The third-order valence-corrected chi connectivity index (χ3v) is 7.37. The Morgan fingerprint density at radius 1 is 1.11 bits per heavy atom. The number of likely N-dealkylation sites (tertiary alicyclic amines) is 1. The molecule has 0 saturated carbocycles. The van der Waals surface area contributed by atoms with E-state index in [9.17, 15) is 4.79 Å². The Hall–Kier alpha value is -1.24. The molecule has 0 radical (unpaired) electrons. The van der Waals surface area contributed by atoms with Crippen LogP contribution in [0.5, 0.6) is 0 Å². The summed E-state index contributed by atoms with van der Waals surface area (Å²) in [6.45, 7) is 4.05. The first-order valence-corrected chi connectivity index (χ1v) is 11.4. The van der Waals surface area contributed by atoms with Crippen molar-refractivity contribution in [1.82, 2.24) is 9.62 Å². The van der Waals surface area contributed by atoms with Gasteiger partial charge in [0.15, 0.2) is 0 Å². The molecule has 2 N–H and O–H groups in total. The Morgan fingerprint density at radius 2 is 1.85 bits per heavy atom. The number of benzene rings is 1. The minimum absolute atomic E-state index is 0.0630. The maximum absolute atomic E-state index is 12.5. The zero-order valence-electron chi connectivity index (χ0n) is 15.9. The summed E-state index contributed by atoms with van der Waals surface area (Å²) in [5.41, 5.74) is 6.83. The number of fused-ring (bicyclic) bond motifs is 2. The Kier molecular flexibility index (Phi) is 5.05. The van der Waals surface area contributed by atoms with Crippen LogP contribution in [-0.4, -0.2) is 48.5 Å². The van der Waals surface area contributed by atoms with Gasteiger partial charge >= 0.3 is 6.03 Å². The fraction of sp³-hybridized carbons (Fsp3) is 0.667. The van der Waals surface area contributed by atoms with E-state index in [0.717, 1.165) is 57.6 Å². The van der Waals surface area contributed by atoms with Crippen LogP contribution in [0, 0.1) is 0 Å². The summed E-state index contributed by atoms with van der Waals surface area (Å²) in [5, 5.41) is 3.70. The van der Waals surface area contributed by atoms with E-state index in [0.29, 0.717) is 11.4 Å². The topological polar surface area (TPSA) is 53.6 Å². The van der Waals surface area contributed by atoms with Gasteiger partial charge in [0, 0.05) is 31.9 Å². The van der Waals surface area contributed by atoms with Crippen LogP contribution in [0.3, 0.4) is 0 Å². The molecule has 0 bridgehead atoms. The van der Waals surface area contributed by atoms with Gasteiger partial charge in [-0.25, -0.2) is 4.79 Å². The van der Waals surface area contributed by atoms with Gasteiger partial charge in [-0.2, -0.15) is 0 Å². The molecule has 4 aliphatic rings. The molecule has 2 heterocycles. The van der Waals surface area contributed by atoms with Crippen molar-refractivity contribution in [1.29, 1.82) is 0 Å². The number of anilines is 1. The number of amides is 2. The van der Waals surface area contributed by atoms with Crippen molar-refractivity contribution in [3.8, 4) is 0 Å². The first-order valence-electron chi connectivity index (χ1n) is 10.5. The van der Waals surface area contributed by atoms with E-state index in [1.807, 2.05) is 0 Å². The summed E-state index contributed by atoms with van der Waals surface area (Å²) < 4.78 is 8.74. The van der Waals surface area contributed by atoms with E-state index < -0.39 is 0 Å². The molecule has 2 saturated heterocycles. The predicted octanol–water partition coefficient (Wildman–Crippen LogP) is 3.30. The van der Waals surface area contributed by atoms with Crippen LogP contribution < -0.4 is 10.0 Å². The average Bonchev–Trinajstić information content (AvgIpc) is 3.37. The molecule has 2 aliphatic heterocycles. The number of rotatable bonds is 5. The second kappa shape index (κ2) is 7.64. The van der Waals surface area contributed by atoms with Gasteiger partial charge in [-0.15, -0.1) is 0 Å². The van der Waals surface area contributed by atoms with Crippen LogP contribution in [0.15, 0.2) is 6.07 Å². The van der Waals surface area contributed by atoms with Gasteiger partial charge in [-0.05, 0) is 85.6 Å². The first-order chi connectivity index (χ1) is 13.3. The van der Waals surface area contributed by atoms with Crippen molar-refractivity contribution in [3.05, 3.63) is 28.3 Å². The molecule has 0 aromatic heterocycles. The van der Waals surface area contributed by atoms with E-state index >= 15 is 0 Å². The molecule has 27 heavy (non-hydrogen) atoms. The summed E-state index contributed by atoms with van der Waals surface area (Å²) >= 11 is 1.57.